The zero-order valence-electron chi connectivity index (χ0n) is 11.6. The van der Waals surface area contributed by atoms with E-state index in [1.807, 2.05) is 11.3 Å². The largest absolute Gasteiger partial charge is 0.314 e. The first kappa shape index (κ1) is 14.3. The lowest BCUT2D eigenvalue weighted by Gasteiger charge is -2.12. The van der Waals surface area contributed by atoms with E-state index in [2.05, 4.69) is 60.1 Å². The maximum Gasteiger partial charge on any atom is 0.00870 e. The Bertz CT molecular complexity index is 436. The minimum atomic E-state index is 0.579. The fourth-order valence-electron chi connectivity index (χ4n) is 2.25. The molecule has 2 rings (SSSR count). The maximum atomic E-state index is 3.61. The second-order valence-corrected chi connectivity index (χ2v) is 6.11. The lowest BCUT2D eigenvalue weighted by Crippen LogP contribution is -2.28. The predicted octanol–water partition coefficient (Wildman–Crippen LogP) is 4.29. The summed E-state index contributed by atoms with van der Waals surface area (Å²) >= 11 is 1.85. The molecule has 0 fully saturated rings. The van der Waals surface area contributed by atoms with Gasteiger partial charge in [-0.25, -0.2) is 0 Å². The Morgan fingerprint density at radius 2 is 1.89 bits per heavy atom. The van der Waals surface area contributed by atoms with Crippen LogP contribution < -0.4 is 5.32 Å². The SMILES string of the molecule is CC(Cc1cccs1)NCCCCc1ccccc1. The highest BCUT2D eigenvalue weighted by atomic mass is 32.1. The number of thiophene rings is 1. The minimum Gasteiger partial charge on any atom is -0.314 e. The Kier molecular flexibility index (Phi) is 6.12. The van der Waals surface area contributed by atoms with E-state index in [0.717, 1.165) is 13.0 Å². The third kappa shape index (κ3) is 5.58. The van der Waals surface area contributed by atoms with E-state index in [1.165, 1.54) is 29.7 Å². The van der Waals surface area contributed by atoms with Crippen molar-refractivity contribution >= 4 is 11.3 Å². The molecule has 0 radical (unpaired) electrons. The van der Waals surface area contributed by atoms with Crippen LogP contribution in [0.3, 0.4) is 0 Å². The zero-order chi connectivity index (χ0) is 13.3. The predicted molar refractivity (Wildman–Crippen MR) is 84.9 cm³/mol. The summed E-state index contributed by atoms with van der Waals surface area (Å²) in [5.74, 6) is 0. The van der Waals surface area contributed by atoms with Gasteiger partial charge in [-0.3, -0.25) is 0 Å². The van der Waals surface area contributed by atoms with Gasteiger partial charge in [0.25, 0.3) is 0 Å². The van der Waals surface area contributed by atoms with E-state index in [1.54, 1.807) is 0 Å². The third-order valence-corrected chi connectivity index (χ3v) is 4.21. The van der Waals surface area contributed by atoms with Crippen LogP contribution in [-0.4, -0.2) is 12.6 Å². The number of rotatable bonds is 8. The molecule has 2 heteroatoms. The van der Waals surface area contributed by atoms with Gasteiger partial charge in [-0.1, -0.05) is 36.4 Å². The van der Waals surface area contributed by atoms with Gasteiger partial charge in [-0.05, 0) is 56.2 Å². The summed E-state index contributed by atoms with van der Waals surface area (Å²) < 4.78 is 0. The van der Waals surface area contributed by atoms with Gasteiger partial charge < -0.3 is 5.32 Å². The Morgan fingerprint density at radius 3 is 2.63 bits per heavy atom. The quantitative estimate of drug-likeness (QED) is 0.707. The van der Waals surface area contributed by atoms with Crippen molar-refractivity contribution in [2.45, 2.75) is 38.6 Å². The van der Waals surface area contributed by atoms with Gasteiger partial charge in [0.15, 0.2) is 0 Å². The van der Waals surface area contributed by atoms with Crippen LogP contribution in [0.5, 0.6) is 0 Å². The molecule has 0 aliphatic carbocycles. The number of benzene rings is 1. The molecule has 0 saturated carbocycles. The highest BCUT2D eigenvalue weighted by Crippen LogP contribution is 2.11. The Morgan fingerprint density at radius 1 is 1.05 bits per heavy atom. The minimum absolute atomic E-state index is 0.579. The number of hydrogen-bond acceptors (Lipinski definition) is 2. The molecule has 1 heterocycles. The molecule has 0 aliphatic heterocycles. The highest BCUT2D eigenvalue weighted by Gasteiger charge is 2.03. The highest BCUT2D eigenvalue weighted by molar-refractivity contribution is 7.09. The van der Waals surface area contributed by atoms with Crippen LogP contribution in [0.4, 0.5) is 0 Å². The van der Waals surface area contributed by atoms with Crippen molar-refractivity contribution in [3.05, 3.63) is 58.3 Å². The van der Waals surface area contributed by atoms with Crippen molar-refractivity contribution < 1.29 is 0 Å². The Labute approximate surface area is 120 Å². The molecule has 0 aliphatic rings. The fraction of sp³-hybridized carbons (Fsp3) is 0.412. The van der Waals surface area contributed by atoms with Crippen LogP contribution in [0, 0.1) is 0 Å². The molecule has 0 saturated heterocycles. The summed E-state index contributed by atoms with van der Waals surface area (Å²) in [6, 6.07) is 15.7. The zero-order valence-corrected chi connectivity index (χ0v) is 12.5. The van der Waals surface area contributed by atoms with Gasteiger partial charge in [0.05, 0.1) is 0 Å². The first-order valence-electron chi connectivity index (χ1n) is 7.14. The summed E-state index contributed by atoms with van der Waals surface area (Å²) in [5, 5.41) is 5.77. The van der Waals surface area contributed by atoms with Gasteiger partial charge in [0.1, 0.15) is 0 Å². The van der Waals surface area contributed by atoms with Gasteiger partial charge in [-0.15, -0.1) is 11.3 Å². The van der Waals surface area contributed by atoms with Gasteiger partial charge in [0.2, 0.25) is 0 Å². The van der Waals surface area contributed by atoms with Crippen LogP contribution in [0.2, 0.25) is 0 Å². The monoisotopic (exact) mass is 273 g/mol. The van der Waals surface area contributed by atoms with E-state index in [-0.39, 0.29) is 0 Å². The van der Waals surface area contributed by atoms with Gasteiger partial charge in [0, 0.05) is 10.9 Å². The normalized spacial score (nSPS) is 12.5. The van der Waals surface area contributed by atoms with Crippen molar-refractivity contribution in [2.24, 2.45) is 0 Å². The second-order valence-electron chi connectivity index (χ2n) is 5.08. The first-order valence-corrected chi connectivity index (χ1v) is 8.02. The van der Waals surface area contributed by atoms with Gasteiger partial charge >= 0.3 is 0 Å². The van der Waals surface area contributed by atoms with E-state index in [4.69, 9.17) is 0 Å². The Hall–Kier alpha value is -1.12. The number of nitrogens with one attached hydrogen (secondary N) is 1. The maximum absolute atomic E-state index is 3.61. The van der Waals surface area contributed by atoms with Crippen molar-refractivity contribution in [1.29, 1.82) is 0 Å². The molecule has 1 N–H and O–H groups in total. The molecule has 0 spiro atoms. The van der Waals surface area contributed by atoms with Crippen molar-refractivity contribution in [3.8, 4) is 0 Å². The summed E-state index contributed by atoms with van der Waals surface area (Å²) in [5.41, 5.74) is 1.45. The van der Waals surface area contributed by atoms with Crippen LogP contribution >= 0.6 is 11.3 Å². The summed E-state index contributed by atoms with van der Waals surface area (Å²) in [7, 11) is 0. The lowest BCUT2D eigenvalue weighted by atomic mass is 10.1. The number of hydrogen-bond donors (Lipinski definition) is 1. The molecule has 0 bridgehead atoms. The summed E-state index contributed by atoms with van der Waals surface area (Å²) in [6.07, 6.45) is 4.87. The fourth-order valence-corrected chi connectivity index (χ4v) is 3.09. The molecule has 1 nitrogen and oxygen atoms in total. The molecule has 1 aromatic heterocycles. The van der Waals surface area contributed by atoms with E-state index in [9.17, 15) is 0 Å². The van der Waals surface area contributed by atoms with Crippen molar-refractivity contribution in [2.75, 3.05) is 6.54 Å². The molecular weight excluding hydrogens is 250 g/mol. The molecule has 1 atom stereocenters. The Balaban J connectivity index is 1.54. The molecule has 19 heavy (non-hydrogen) atoms. The molecule has 0 amide bonds. The molecule has 102 valence electrons. The average molecular weight is 273 g/mol. The van der Waals surface area contributed by atoms with Crippen molar-refractivity contribution in [3.63, 3.8) is 0 Å². The smallest absolute Gasteiger partial charge is 0.00870 e. The average Bonchev–Trinajstić information content (AvgIpc) is 2.92. The molecule has 1 unspecified atom stereocenters. The van der Waals surface area contributed by atoms with Crippen molar-refractivity contribution in [1.82, 2.24) is 5.32 Å². The molecule has 2 aromatic rings. The molecular formula is C17H23NS. The van der Waals surface area contributed by atoms with Crippen LogP contribution in [-0.2, 0) is 12.8 Å². The third-order valence-electron chi connectivity index (χ3n) is 3.32. The molecule has 1 aromatic carbocycles. The van der Waals surface area contributed by atoms with E-state index >= 15 is 0 Å². The lowest BCUT2D eigenvalue weighted by molar-refractivity contribution is 0.527. The number of unbranched alkanes of at least 4 members (excludes halogenated alkanes) is 1. The first-order chi connectivity index (χ1) is 9.34. The topological polar surface area (TPSA) is 12.0 Å². The summed E-state index contributed by atoms with van der Waals surface area (Å²) in [6.45, 7) is 3.40. The van der Waals surface area contributed by atoms with E-state index in [0.29, 0.717) is 6.04 Å². The van der Waals surface area contributed by atoms with Crippen LogP contribution in [0.15, 0.2) is 47.8 Å². The van der Waals surface area contributed by atoms with Crippen LogP contribution in [0.1, 0.15) is 30.2 Å². The van der Waals surface area contributed by atoms with Crippen LogP contribution in [0.25, 0.3) is 0 Å². The summed E-state index contributed by atoms with van der Waals surface area (Å²) in [4.78, 5) is 1.48. The van der Waals surface area contributed by atoms with E-state index < -0.39 is 0 Å². The van der Waals surface area contributed by atoms with Gasteiger partial charge in [-0.2, -0.15) is 0 Å². The number of aryl methyl sites for hydroxylation is 1. The standard InChI is InChI=1S/C17H23NS/c1-15(14-17-11-7-13-19-17)18-12-6-5-10-16-8-3-2-4-9-16/h2-4,7-9,11,13,15,18H,5-6,10,12,14H2,1H3. The second kappa shape index (κ2) is 8.13.